The van der Waals surface area contributed by atoms with Crippen LogP contribution >= 0.6 is 15.9 Å². The van der Waals surface area contributed by atoms with Crippen LogP contribution in [0.4, 0.5) is 0 Å². The second-order valence-electron chi connectivity index (χ2n) is 3.86. The summed E-state index contributed by atoms with van der Waals surface area (Å²) in [6.07, 6.45) is 1.06. The van der Waals surface area contributed by atoms with Gasteiger partial charge in [-0.25, -0.2) is 0 Å². The van der Waals surface area contributed by atoms with Crippen LogP contribution in [-0.4, -0.2) is 55.2 Å². The molecule has 0 N–H and O–H groups in total. The molecule has 18 heavy (non-hydrogen) atoms. The predicted molar refractivity (Wildman–Crippen MR) is 66.7 cm³/mol. The van der Waals surface area contributed by atoms with Gasteiger partial charge in [-0.3, -0.25) is 9.48 Å². The number of ketones is 1. The number of hydrogen-bond donors (Lipinski definition) is 0. The number of carbonyl (C=O) groups is 1. The molecule has 2 heterocycles. The number of hydrogen-bond acceptors (Lipinski definition) is 5. The van der Waals surface area contributed by atoms with Gasteiger partial charge in [0.25, 0.3) is 0 Å². The summed E-state index contributed by atoms with van der Waals surface area (Å²) in [6, 6.07) is 0. The molecule has 0 saturated carbocycles. The Bertz CT molecular complexity index is 415. The minimum atomic E-state index is -0.548. The van der Waals surface area contributed by atoms with Crippen LogP contribution in [0, 0.1) is 0 Å². The summed E-state index contributed by atoms with van der Waals surface area (Å²) in [5.41, 5.74) is 0.502. The van der Waals surface area contributed by atoms with Gasteiger partial charge in [0, 0.05) is 7.11 Å². The molecular formula is C11H15BrN2O4. The molecule has 6 nitrogen and oxygen atoms in total. The van der Waals surface area contributed by atoms with Crippen molar-refractivity contribution in [1.82, 2.24) is 9.78 Å². The Morgan fingerprint density at radius 3 is 3.17 bits per heavy atom. The number of aromatic nitrogens is 2. The topological polar surface area (TPSA) is 62.6 Å². The number of Topliss-reactive ketones (excluding diaryl/α,β-unsaturated/α-hetero) is 1. The Kier molecular flexibility index (Phi) is 4.87. The summed E-state index contributed by atoms with van der Waals surface area (Å²) >= 11 is 3.33. The van der Waals surface area contributed by atoms with Gasteiger partial charge in [0.05, 0.1) is 43.6 Å². The third-order valence-corrected chi connectivity index (χ3v) is 3.22. The van der Waals surface area contributed by atoms with E-state index in [4.69, 9.17) is 14.2 Å². The monoisotopic (exact) mass is 318 g/mol. The van der Waals surface area contributed by atoms with Crippen LogP contribution in [0.1, 0.15) is 10.5 Å². The maximum Gasteiger partial charge on any atom is 0.213 e. The summed E-state index contributed by atoms with van der Waals surface area (Å²) in [5, 5.41) is 4.14. The first-order valence-electron chi connectivity index (χ1n) is 5.68. The van der Waals surface area contributed by atoms with Crippen molar-refractivity contribution in [3.63, 3.8) is 0 Å². The number of ether oxygens (including phenoxy) is 3. The van der Waals surface area contributed by atoms with Crippen molar-refractivity contribution in [2.24, 2.45) is 0 Å². The Morgan fingerprint density at radius 2 is 2.50 bits per heavy atom. The van der Waals surface area contributed by atoms with Gasteiger partial charge in [0.15, 0.2) is 0 Å². The Morgan fingerprint density at radius 1 is 1.67 bits per heavy atom. The van der Waals surface area contributed by atoms with Crippen molar-refractivity contribution >= 4 is 21.7 Å². The molecule has 0 aliphatic carbocycles. The highest BCUT2D eigenvalue weighted by Crippen LogP contribution is 2.19. The van der Waals surface area contributed by atoms with E-state index in [1.165, 1.54) is 0 Å². The average molecular weight is 319 g/mol. The SMILES string of the molecule is COCCn1ncc(Br)c1C(=O)C1COCCO1. The Balaban J connectivity index is 2.14. The fourth-order valence-electron chi connectivity index (χ4n) is 1.75. The lowest BCUT2D eigenvalue weighted by atomic mass is 10.1. The maximum atomic E-state index is 12.3. The molecule has 1 aliphatic heterocycles. The van der Waals surface area contributed by atoms with Crippen molar-refractivity contribution in [2.45, 2.75) is 12.6 Å². The van der Waals surface area contributed by atoms with E-state index in [1.807, 2.05) is 0 Å². The van der Waals surface area contributed by atoms with Gasteiger partial charge >= 0.3 is 0 Å². The lowest BCUT2D eigenvalue weighted by Crippen LogP contribution is -2.36. The molecule has 1 aromatic rings. The lowest BCUT2D eigenvalue weighted by molar-refractivity contribution is -0.0722. The summed E-state index contributed by atoms with van der Waals surface area (Å²) in [7, 11) is 1.61. The second kappa shape index (κ2) is 6.42. The van der Waals surface area contributed by atoms with E-state index in [9.17, 15) is 4.79 Å². The highest BCUT2D eigenvalue weighted by Gasteiger charge is 2.28. The zero-order valence-corrected chi connectivity index (χ0v) is 11.7. The van der Waals surface area contributed by atoms with Crippen LogP contribution in [0.25, 0.3) is 0 Å². The Labute approximate surface area is 113 Å². The van der Waals surface area contributed by atoms with Gasteiger partial charge in [-0.15, -0.1) is 0 Å². The summed E-state index contributed by atoms with van der Waals surface area (Å²) in [5.74, 6) is -0.116. The Hall–Kier alpha value is -0.760. The first kappa shape index (κ1) is 13.7. The average Bonchev–Trinajstić information content (AvgIpc) is 2.77. The van der Waals surface area contributed by atoms with Crippen LogP contribution in [-0.2, 0) is 20.8 Å². The van der Waals surface area contributed by atoms with Gasteiger partial charge < -0.3 is 14.2 Å². The number of nitrogens with zero attached hydrogens (tertiary/aromatic N) is 2. The zero-order valence-electron chi connectivity index (χ0n) is 10.1. The van der Waals surface area contributed by atoms with Crippen molar-refractivity contribution in [3.8, 4) is 0 Å². The fraction of sp³-hybridized carbons (Fsp3) is 0.636. The van der Waals surface area contributed by atoms with Crippen LogP contribution in [0.2, 0.25) is 0 Å². The molecule has 1 aromatic heterocycles. The van der Waals surface area contributed by atoms with E-state index in [2.05, 4.69) is 21.0 Å². The minimum Gasteiger partial charge on any atom is -0.383 e. The molecule has 1 saturated heterocycles. The minimum absolute atomic E-state index is 0.116. The molecule has 0 bridgehead atoms. The molecule has 0 radical (unpaired) electrons. The van der Waals surface area contributed by atoms with E-state index in [0.29, 0.717) is 43.1 Å². The summed E-state index contributed by atoms with van der Waals surface area (Å²) in [6.45, 7) is 2.29. The maximum absolute atomic E-state index is 12.3. The largest absolute Gasteiger partial charge is 0.383 e. The molecular weight excluding hydrogens is 304 g/mol. The van der Waals surface area contributed by atoms with E-state index >= 15 is 0 Å². The van der Waals surface area contributed by atoms with E-state index in [-0.39, 0.29) is 5.78 Å². The van der Waals surface area contributed by atoms with Gasteiger partial charge in [0.2, 0.25) is 5.78 Å². The van der Waals surface area contributed by atoms with E-state index < -0.39 is 6.10 Å². The van der Waals surface area contributed by atoms with Crippen molar-refractivity contribution < 1.29 is 19.0 Å². The fourth-order valence-corrected chi connectivity index (χ4v) is 2.24. The van der Waals surface area contributed by atoms with Crippen LogP contribution in [0.5, 0.6) is 0 Å². The number of rotatable bonds is 5. The number of halogens is 1. The molecule has 0 amide bonds. The van der Waals surface area contributed by atoms with Gasteiger partial charge in [0.1, 0.15) is 11.8 Å². The molecule has 1 aliphatic rings. The van der Waals surface area contributed by atoms with Crippen molar-refractivity contribution in [3.05, 3.63) is 16.4 Å². The molecule has 1 unspecified atom stereocenters. The van der Waals surface area contributed by atoms with Crippen LogP contribution < -0.4 is 0 Å². The first-order chi connectivity index (χ1) is 8.74. The lowest BCUT2D eigenvalue weighted by Gasteiger charge is -2.22. The molecule has 1 fully saturated rings. The normalized spacial score (nSPS) is 20.0. The second-order valence-corrected chi connectivity index (χ2v) is 4.71. The van der Waals surface area contributed by atoms with Gasteiger partial charge in [-0.2, -0.15) is 5.10 Å². The van der Waals surface area contributed by atoms with Crippen molar-refractivity contribution in [2.75, 3.05) is 33.5 Å². The van der Waals surface area contributed by atoms with Gasteiger partial charge in [-0.05, 0) is 15.9 Å². The number of carbonyl (C=O) groups excluding carboxylic acids is 1. The molecule has 0 aromatic carbocycles. The van der Waals surface area contributed by atoms with Crippen molar-refractivity contribution in [1.29, 1.82) is 0 Å². The summed E-state index contributed by atoms with van der Waals surface area (Å²) in [4.78, 5) is 12.3. The van der Waals surface area contributed by atoms with Crippen LogP contribution in [0.3, 0.4) is 0 Å². The third-order valence-electron chi connectivity index (χ3n) is 2.64. The first-order valence-corrected chi connectivity index (χ1v) is 6.47. The van der Waals surface area contributed by atoms with Gasteiger partial charge in [-0.1, -0.05) is 0 Å². The highest BCUT2D eigenvalue weighted by molar-refractivity contribution is 9.10. The quantitative estimate of drug-likeness (QED) is 0.754. The zero-order chi connectivity index (χ0) is 13.0. The molecule has 2 rings (SSSR count). The van der Waals surface area contributed by atoms with E-state index in [0.717, 1.165) is 0 Å². The summed E-state index contributed by atoms with van der Waals surface area (Å²) < 4.78 is 17.9. The standard InChI is InChI=1S/C11H15BrN2O4/c1-16-3-2-14-10(8(12)6-13-14)11(15)9-7-17-4-5-18-9/h6,9H,2-5,7H2,1H3. The third kappa shape index (κ3) is 2.97. The smallest absolute Gasteiger partial charge is 0.213 e. The highest BCUT2D eigenvalue weighted by atomic mass is 79.9. The predicted octanol–water partition coefficient (Wildman–Crippen LogP) is 0.890. The number of methoxy groups -OCH3 is 1. The molecule has 0 spiro atoms. The van der Waals surface area contributed by atoms with Crippen LogP contribution in [0.15, 0.2) is 10.7 Å². The molecule has 1 atom stereocenters. The molecule has 7 heteroatoms. The molecule has 100 valence electrons. The van der Waals surface area contributed by atoms with E-state index in [1.54, 1.807) is 18.0 Å².